The van der Waals surface area contributed by atoms with E-state index in [0.717, 1.165) is 96.4 Å². The quantitative estimate of drug-likeness (QED) is 0.175. The number of amides is 2. The average Bonchev–Trinajstić information content (AvgIpc) is 3.95. The maximum Gasteiger partial charge on any atom is 0.220 e. The van der Waals surface area contributed by atoms with Gasteiger partial charge >= 0.3 is 0 Å². The van der Waals surface area contributed by atoms with Crippen molar-refractivity contribution in [3.8, 4) is 45.4 Å². The molecule has 2 aromatic heterocycles. The van der Waals surface area contributed by atoms with Crippen molar-refractivity contribution in [2.75, 3.05) is 33.9 Å². The number of ether oxygens (including phenoxy) is 2. The summed E-state index contributed by atoms with van der Waals surface area (Å²) in [6.45, 7) is 2.43. The molecular formula is C41H42Cl2N6O4. The predicted molar refractivity (Wildman–Crippen MR) is 204 cm³/mol. The van der Waals surface area contributed by atoms with E-state index in [-0.39, 0.29) is 35.5 Å². The summed E-state index contributed by atoms with van der Waals surface area (Å²) in [5, 5.41) is 11.0. The Hall–Kier alpha value is -4.22. The zero-order valence-electron chi connectivity index (χ0n) is 29.9. The molecule has 274 valence electrons. The summed E-state index contributed by atoms with van der Waals surface area (Å²) in [4.78, 5) is 36.1. The third kappa shape index (κ3) is 6.04. The van der Waals surface area contributed by atoms with Crippen molar-refractivity contribution in [2.24, 2.45) is 0 Å². The molecule has 53 heavy (non-hydrogen) atoms. The molecule has 5 heterocycles. The highest BCUT2D eigenvalue weighted by atomic mass is 35.5. The fraction of sp³-hybridized carbons (Fsp3) is 0.415. The fourth-order valence-electron chi connectivity index (χ4n) is 9.30. The van der Waals surface area contributed by atoms with Crippen LogP contribution in [0.4, 0.5) is 0 Å². The van der Waals surface area contributed by atoms with Gasteiger partial charge in [0.05, 0.1) is 41.2 Å². The van der Waals surface area contributed by atoms with Gasteiger partial charge in [0.25, 0.3) is 0 Å². The van der Waals surface area contributed by atoms with Gasteiger partial charge in [0.1, 0.15) is 0 Å². The molecule has 3 saturated heterocycles. The zero-order valence-corrected chi connectivity index (χ0v) is 31.4. The summed E-state index contributed by atoms with van der Waals surface area (Å²) in [6.07, 6.45) is 6.66. The number of methoxy groups -OCH3 is 2. The molecule has 3 fully saturated rings. The Labute approximate surface area is 319 Å². The second-order valence-electron chi connectivity index (χ2n) is 15.1. The van der Waals surface area contributed by atoms with Crippen LogP contribution in [0.3, 0.4) is 0 Å². The van der Waals surface area contributed by atoms with Crippen LogP contribution in [0.1, 0.15) is 72.9 Å². The number of carbonyl (C=O) groups is 2. The first-order valence-corrected chi connectivity index (χ1v) is 19.3. The van der Waals surface area contributed by atoms with Crippen molar-refractivity contribution >= 4 is 35.0 Å². The monoisotopic (exact) mass is 752 g/mol. The van der Waals surface area contributed by atoms with Gasteiger partial charge in [0, 0.05) is 84.0 Å². The normalized spacial score (nSPS) is 22.8. The molecule has 3 N–H and O–H groups in total. The highest BCUT2D eigenvalue weighted by Crippen LogP contribution is 2.48. The van der Waals surface area contributed by atoms with E-state index in [2.05, 4.69) is 33.0 Å². The smallest absolute Gasteiger partial charge is 0.220 e. The molecule has 0 saturated carbocycles. The number of halogens is 2. The number of aromatic nitrogens is 2. The highest BCUT2D eigenvalue weighted by molar-refractivity contribution is 6.39. The van der Waals surface area contributed by atoms with Crippen molar-refractivity contribution < 1.29 is 19.1 Å². The van der Waals surface area contributed by atoms with E-state index >= 15 is 0 Å². The summed E-state index contributed by atoms with van der Waals surface area (Å²) >= 11 is 14.5. The van der Waals surface area contributed by atoms with E-state index in [1.54, 1.807) is 14.2 Å². The number of rotatable bonds is 9. The van der Waals surface area contributed by atoms with E-state index in [4.69, 9.17) is 42.6 Å². The number of hydrogen-bond acceptors (Lipinski definition) is 8. The largest absolute Gasteiger partial charge is 0.481 e. The Bertz CT molecular complexity index is 2150. The minimum absolute atomic E-state index is 0.0765. The summed E-state index contributed by atoms with van der Waals surface area (Å²) in [5.41, 5.74) is 9.23. The lowest BCUT2D eigenvalue weighted by molar-refractivity contribution is -0.121. The summed E-state index contributed by atoms with van der Waals surface area (Å²) in [6, 6.07) is 16.6. The molecule has 1 spiro atoms. The molecule has 2 amide bonds. The van der Waals surface area contributed by atoms with Crippen molar-refractivity contribution in [2.45, 2.75) is 75.0 Å². The van der Waals surface area contributed by atoms with Gasteiger partial charge in [-0.15, -0.1) is 0 Å². The van der Waals surface area contributed by atoms with Crippen molar-refractivity contribution in [1.82, 2.24) is 30.8 Å². The van der Waals surface area contributed by atoms with Gasteiger partial charge in [-0.3, -0.25) is 14.5 Å². The summed E-state index contributed by atoms with van der Waals surface area (Å²) in [7, 11) is 3.33. The number of fused-ring (bicyclic) bond motifs is 2. The molecule has 12 heteroatoms. The van der Waals surface area contributed by atoms with E-state index < -0.39 is 0 Å². The highest BCUT2D eigenvalue weighted by Gasteiger charge is 2.51. The zero-order chi connectivity index (χ0) is 36.4. The average molecular weight is 754 g/mol. The molecule has 2 aliphatic carbocycles. The van der Waals surface area contributed by atoms with Crippen LogP contribution < -0.4 is 25.4 Å². The third-order valence-corrected chi connectivity index (χ3v) is 12.7. The minimum Gasteiger partial charge on any atom is -0.481 e. The van der Waals surface area contributed by atoms with Gasteiger partial charge < -0.3 is 25.4 Å². The molecular weight excluding hydrogens is 711 g/mol. The minimum atomic E-state index is -0.0765. The van der Waals surface area contributed by atoms with Gasteiger partial charge in [-0.2, -0.15) is 0 Å². The molecule has 0 radical (unpaired) electrons. The lowest BCUT2D eigenvalue weighted by Gasteiger charge is -2.50. The van der Waals surface area contributed by atoms with E-state index in [1.807, 2.05) is 36.4 Å². The van der Waals surface area contributed by atoms with E-state index in [9.17, 15) is 9.59 Å². The standard InChI is InChI=1S/C41H42Cl2N6O4/c1-52-39-35-22(9-12-29(35)44-19-24-11-14-33(50)45-24)17-30(46-39)27-7-3-5-25(37(27)42)26-6-4-8-28(38(26)43)31-18-23-10-13-32(36(23)40(47-31)53-2)49-20-41(21-49)16-15-34(51)48-41/h3-8,17-18,24,29,32,44H,9-16,19-21H2,1-2H3,(H,45,50)(H,48,51)/t24-,29+,32+/m0/s1. The maximum atomic E-state index is 11.9. The third-order valence-electron chi connectivity index (χ3n) is 11.9. The molecule has 0 bridgehead atoms. The molecule has 9 rings (SSSR count). The van der Waals surface area contributed by atoms with Crippen molar-refractivity contribution in [1.29, 1.82) is 0 Å². The number of benzene rings is 2. The molecule has 4 aromatic rings. The first kappa shape index (κ1) is 34.5. The second-order valence-corrected chi connectivity index (χ2v) is 15.9. The summed E-state index contributed by atoms with van der Waals surface area (Å²) in [5.74, 6) is 1.48. The second kappa shape index (κ2) is 13.6. The van der Waals surface area contributed by atoms with Crippen LogP contribution in [0.15, 0.2) is 48.5 Å². The van der Waals surface area contributed by atoms with Crippen LogP contribution >= 0.6 is 23.2 Å². The van der Waals surface area contributed by atoms with Crippen molar-refractivity contribution in [3.05, 3.63) is 80.8 Å². The Kier molecular flexibility index (Phi) is 8.84. The van der Waals surface area contributed by atoms with Gasteiger partial charge in [0.2, 0.25) is 23.6 Å². The predicted octanol–water partition coefficient (Wildman–Crippen LogP) is 6.61. The molecule has 5 aliphatic rings. The number of carbonyl (C=O) groups excluding carboxylic acids is 2. The van der Waals surface area contributed by atoms with Crippen LogP contribution in [0, 0.1) is 0 Å². The van der Waals surface area contributed by atoms with Crippen LogP contribution in [0.25, 0.3) is 33.6 Å². The Morgan fingerprint density at radius 1 is 0.792 bits per heavy atom. The number of nitrogens with one attached hydrogen (secondary N) is 3. The Balaban J connectivity index is 0.995. The van der Waals surface area contributed by atoms with Gasteiger partial charge in [-0.25, -0.2) is 9.97 Å². The lowest BCUT2D eigenvalue weighted by atomic mass is 9.86. The van der Waals surface area contributed by atoms with Gasteiger partial charge in [-0.05, 0) is 61.8 Å². The maximum absolute atomic E-state index is 11.9. The van der Waals surface area contributed by atoms with E-state index in [1.165, 1.54) is 11.1 Å². The molecule has 2 aromatic carbocycles. The van der Waals surface area contributed by atoms with Crippen molar-refractivity contribution in [3.63, 3.8) is 0 Å². The Morgan fingerprint density at radius 2 is 1.40 bits per heavy atom. The number of hydrogen-bond donors (Lipinski definition) is 3. The Morgan fingerprint density at radius 3 is 1.98 bits per heavy atom. The molecule has 0 unspecified atom stereocenters. The fourth-order valence-corrected chi connectivity index (χ4v) is 9.95. The summed E-state index contributed by atoms with van der Waals surface area (Å²) < 4.78 is 11.8. The van der Waals surface area contributed by atoms with Crippen LogP contribution in [-0.4, -0.2) is 72.1 Å². The molecule has 3 aliphatic heterocycles. The van der Waals surface area contributed by atoms with Crippen LogP contribution in [0.5, 0.6) is 11.8 Å². The van der Waals surface area contributed by atoms with E-state index in [0.29, 0.717) is 41.2 Å². The lowest BCUT2D eigenvalue weighted by Crippen LogP contribution is -2.67. The number of nitrogens with zero attached hydrogens (tertiary/aromatic N) is 3. The van der Waals surface area contributed by atoms with Crippen LogP contribution in [-0.2, 0) is 22.4 Å². The topological polar surface area (TPSA) is 118 Å². The first-order chi connectivity index (χ1) is 25.7. The van der Waals surface area contributed by atoms with Crippen LogP contribution in [0.2, 0.25) is 10.0 Å². The number of aryl methyl sites for hydroxylation is 2. The molecule has 10 nitrogen and oxygen atoms in total. The van der Waals surface area contributed by atoms with Gasteiger partial charge in [0.15, 0.2) is 0 Å². The number of likely N-dealkylation sites (tertiary alicyclic amines) is 1. The SMILES string of the molecule is COc1nc(-c2cccc(-c3cccc(-c4cc5c(c(OC)n4)[C@H](NC[C@@H]4CCC(=O)N4)CC5)c3Cl)c2Cl)cc2c1[C@H](N1CC3(CCC(=O)N3)C1)CC2. The first-order valence-electron chi connectivity index (χ1n) is 18.6. The number of pyridine rings is 2. The van der Waals surface area contributed by atoms with Gasteiger partial charge in [-0.1, -0.05) is 59.6 Å². The molecule has 3 atom stereocenters.